The molecule has 6 heteroatoms. The highest BCUT2D eigenvalue weighted by Crippen LogP contribution is 2.13. The first-order chi connectivity index (χ1) is 13.1. The summed E-state index contributed by atoms with van der Waals surface area (Å²) in [4.78, 5) is 8.74. The average molecular weight is 368 g/mol. The van der Waals surface area contributed by atoms with Crippen LogP contribution in [0.1, 0.15) is 17.0 Å². The number of nitrogens with zero attached hydrogens (tertiary/aromatic N) is 2. The summed E-state index contributed by atoms with van der Waals surface area (Å²) >= 11 is 0. The molecular formula is C21H22F2N4. The highest BCUT2D eigenvalue weighted by atomic mass is 19.1. The lowest BCUT2D eigenvalue weighted by molar-refractivity contribution is 0.610. The van der Waals surface area contributed by atoms with Crippen molar-refractivity contribution >= 4 is 11.6 Å². The van der Waals surface area contributed by atoms with Gasteiger partial charge in [-0.25, -0.2) is 18.7 Å². The molecule has 4 nitrogen and oxygen atoms in total. The van der Waals surface area contributed by atoms with Crippen LogP contribution in [0.3, 0.4) is 0 Å². The smallest absolute Gasteiger partial charge is 0.131 e. The fraction of sp³-hybridized carbons (Fsp3) is 0.238. The van der Waals surface area contributed by atoms with E-state index in [1.807, 2.05) is 19.1 Å². The van der Waals surface area contributed by atoms with E-state index in [-0.39, 0.29) is 11.6 Å². The van der Waals surface area contributed by atoms with Crippen LogP contribution in [0.5, 0.6) is 0 Å². The van der Waals surface area contributed by atoms with Crippen LogP contribution >= 0.6 is 0 Å². The molecule has 27 heavy (non-hydrogen) atoms. The molecule has 0 unspecified atom stereocenters. The van der Waals surface area contributed by atoms with Gasteiger partial charge in [-0.2, -0.15) is 0 Å². The van der Waals surface area contributed by atoms with Gasteiger partial charge in [0.15, 0.2) is 0 Å². The van der Waals surface area contributed by atoms with E-state index in [2.05, 4.69) is 20.6 Å². The van der Waals surface area contributed by atoms with Gasteiger partial charge in [-0.05, 0) is 49.1 Å². The molecule has 3 aromatic rings. The molecule has 0 atom stereocenters. The SMILES string of the molecule is Cc1nc(NCCc2ccc(F)cc2)cc(NCCc2ccccc2F)n1. The number of halogens is 2. The first-order valence-electron chi connectivity index (χ1n) is 8.91. The first kappa shape index (κ1) is 18.8. The summed E-state index contributed by atoms with van der Waals surface area (Å²) in [6.45, 7) is 3.08. The summed E-state index contributed by atoms with van der Waals surface area (Å²) in [5, 5.41) is 6.48. The number of aromatic nitrogens is 2. The summed E-state index contributed by atoms with van der Waals surface area (Å²) in [6, 6.07) is 15.1. The highest BCUT2D eigenvalue weighted by molar-refractivity contribution is 5.47. The van der Waals surface area contributed by atoms with E-state index in [1.54, 1.807) is 24.3 Å². The minimum absolute atomic E-state index is 0.193. The summed E-state index contributed by atoms with van der Waals surface area (Å²) in [7, 11) is 0. The zero-order valence-corrected chi connectivity index (χ0v) is 15.2. The van der Waals surface area contributed by atoms with Gasteiger partial charge in [-0.1, -0.05) is 30.3 Å². The molecule has 0 amide bonds. The zero-order valence-electron chi connectivity index (χ0n) is 15.2. The number of nitrogens with one attached hydrogen (secondary N) is 2. The fourth-order valence-corrected chi connectivity index (χ4v) is 2.76. The number of rotatable bonds is 8. The zero-order chi connectivity index (χ0) is 19.1. The molecule has 0 aliphatic heterocycles. The molecule has 0 saturated carbocycles. The van der Waals surface area contributed by atoms with Gasteiger partial charge in [0.1, 0.15) is 29.1 Å². The molecule has 0 aliphatic rings. The second kappa shape index (κ2) is 9.07. The molecule has 3 rings (SSSR count). The van der Waals surface area contributed by atoms with Crippen molar-refractivity contribution in [2.45, 2.75) is 19.8 Å². The Hall–Kier alpha value is -3.02. The predicted octanol–water partition coefficient (Wildman–Crippen LogP) is 4.37. The van der Waals surface area contributed by atoms with Gasteiger partial charge in [0.05, 0.1) is 0 Å². The Kier molecular flexibility index (Phi) is 6.30. The molecule has 2 N–H and O–H groups in total. The molecule has 0 fully saturated rings. The lowest BCUT2D eigenvalue weighted by Crippen LogP contribution is -2.11. The minimum Gasteiger partial charge on any atom is -0.370 e. The minimum atomic E-state index is -0.232. The summed E-state index contributed by atoms with van der Waals surface area (Å²) in [5.41, 5.74) is 1.73. The Bertz CT molecular complexity index is 882. The van der Waals surface area contributed by atoms with Gasteiger partial charge in [-0.3, -0.25) is 0 Å². The summed E-state index contributed by atoms with van der Waals surface area (Å²) in [5.74, 6) is 1.64. The molecule has 0 radical (unpaired) electrons. The largest absolute Gasteiger partial charge is 0.370 e. The van der Waals surface area contributed by atoms with Gasteiger partial charge in [0, 0.05) is 19.2 Å². The second-order valence-electron chi connectivity index (χ2n) is 6.26. The second-order valence-corrected chi connectivity index (χ2v) is 6.26. The van der Waals surface area contributed by atoms with Gasteiger partial charge < -0.3 is 10.6 Å². The third-order valence-electron chi connectivity index (χ3n) is 4.13. The van der Waals surface area contributed by atoms with Crippen molar-refractivity contribution < 1.29 is 8.78 Å². The van der Waals surface area contributed by atoms with Crippen LogP contribution in [0.25, 0.3) is 0 Å². The van der Waals surface area contributed by atoms with E-state index in [1.165, 1.54) is 18.2 Å². The van der Waals surface area contributed by atoms with Gasteiger partial charge >= 0.3 is 0 Å². The highest BCUT2D eigenvalue weighted by Gasteiger charge is 2.04. The number of benzene rings is 2. The number of aryl methyl sites for hydroxylation is 1. The maximum Gasteiger partial charge on any atom is 0.131 e. The van der Waals surface area contributed by atoms with Crippen LogP contribution in [0.2, 0.25) is 0 Å². The lowest BCUT2D eigenvalue weighted by atomic mass is 10.1. The molecule has 0 bridgehead atoms. The summed E-state index contributed by atoms with van der Waals surface area (Å²) in [6.07, 6.45) is 1.34. The average Bonchev–Trinajstić information content (AvgIpc) is 2.65. The van der Waals surface area contributed by atoms with E-state index >= 15 is 0 Å². The van der Waals surface area contributed by atoms with Crippen molar-refractivity contribution in [2.24, 2.45) is 0 Å². The Labute approximate surface area is 157 Å². The third-order valence-corrected chi connectivity index (χ3v) is 4.13. The maximum absolute atomic E-state index is 13.7. The molecule has 0 saturated heterocycles. The van der Waals surface area contributed by atoms with E-state index in [0.717, 1.165) is 17.8 Å². The molecule has 0 aliphatic carbocycles. The van der Waals surface area contributed by atoms with Crippen LogP contribution in [-0.2, 0) is 12.8 Å². The van der Waals surface area contributed by atoms with Crippen molar-refractivity contribution in [1.82, 2.24) is 9.97 Å². The van der Waals surface area contributed by atoms with Gasteiger partial charge in [0.25, 0.3) is 0 Å². The van der Waals surface area contributed by atoms with Crippen LogP contribution in [0.4, 0.5) is 20.4 Å². The summed E-state index contributed by atoms with van der Waals surface area (Å²) < 4.78 is 26.6. The Morgan fingerprint density at radius 2 is 1.44 bits per heavy atom. The lowest BCUT2D eigenvalue weighted by Gasteiger charge is -2.10. The first-order valence-corrected chi connectivity index (χ1v) is 8.91. The van der Waals surface area contributed by atoms with Crippen molar-refractivity contribution in [3.63, 3.8) is 0 Å². The number of hydrogen-bond donors (Lipinski definition) is 2. The van der Waals surface area contributed by atoms with Crippen LogP contribution in [0, 0.1) is 18.6 Å². The topological polar surface area (TPSA) is 49.8 Å². The van der Waals surface area contributed by atoms with Crippen molar-refractivity contribution in [3.8, 4) is 0 Å². The van der Waals surface area contributed by atoms with Gasteiger partial charge in [-0.15, -0.1) is 0 Å². The van der Waals surface area contributed by atoms with Crippen molar-refractivity contribution in [2.75, 3.05) is 23.7 Å². The van der Waals surface area contributed by atoms with Gasteiger partial charge in [0.2, 0.25) is 0 Å². The molecule has 0 spiro atoms. The standard InChI is InChI=1S/C21H22F2N4/c1-15-26-20(24-12-10-16-6-8-18(22)9-7-16)14-21(27-15)25-13-11-17-4-2-3-5-19(17)23/h2-9,14H,10-13H2,1H3,(H2,24,25,26,27). The number of anilines is 2. The Balaban J connectivity index is 1.52. The van der Waals surface area contributed by atoms with Crippen LogP contribution < -0.4 is 10.6 Å². The quantitative estimate of drug-likeness (QED) is 0.620. The number of hydrogen-bond acceptors (Lipinski definition) is 4. The van der Waals surface area contributed by atoms with E-state index < -0.39 is 0 Å². The predicted molar refractivity (Wildman–Crippen MR) is 104 cm³/mol. The van der Waals surface area contributed by atoms with Crippen LogP contribution in [-0.4, -0.2) is 23.1 Å². The van der Waals surface area contributed by atoms with E-state index in [0.29, 0.717) is 36.7 Å². The molecule has 2 aromatic carbocycles. The van der Waals surface area contributed by atoms with E-state index in [9.17, 15) is 8.78 Å². The van der Waals surface area contributed by atoms with Crippen LogP contribution in [0.15, 0.2) is 54.6 Å². The monoisotopic (exact) mass is 368 g/mol. The van der Waals surface area contributed by atoms with E-state index in [4.69, 9.17) is 0 Å². The normalized spacial score (nSPS) is 10.6. The fourth-order valence-electron chi connectivity index (χ4n) is 2.76. The Morgan fingerprint density at radius 1 is 0.815 bits per heavy atom. The molecule has 140 valence electrons. The van der Waals surface area contributed by atoms with Crippen molar-refractivity contribution in [3.05, 3.63) is 83.2 Å². The molecule has 1 aromatic heterocycles. The third kappa shape index (κ3) is 5.74. The Morgan fingerprint density at radius 3 is 2.11 bits per heavy atom. The van der Waals surface area contributed by atoms with Crippen molar-refractivity contribution in [1.29, 1.82) is 0 Å². The maximum atomic E-state index is 13.7. The molecule has 1 heterocycles. The molecular weight excluding hydrogens is 346 g/mol.